The third-order valence-electron chi connectivity index (χ3n) is 2.40. The SMILES string of the molecule is NC(N)=NC(N)=Nc1ccccc1Oc1ccccc1F. The molecule has 0 atom stereocenters. The summed E-state index contributed by atoms with van der Waals surface area (Å²) in [5.74, 6) is -0.395. The van der Waals surface area contributed by atoms with Crippen LogP contribution in [0.3, 0.4) is 0 Å². The molecule has 0 fully saturated rings. The van der Waals surface area contributed by atoms with Gasteiger partial charge in [0.15, 0.2) is 23.3 Å². The van der Waals surface area contributed by atoms with Crippen LogP contribution in [0.15, 0.2) is 58.5 Å². The fourth-order valence-corrected chi connectivity index (χ4v) is 1.56. The smallest absolute Gasteiger partial charge is 0.223 e. The number of guanidine groups is 2. The minimum Gasteiger partial charge on any atom is -0.452 e. The minimum absolute atomic E-state index is 0.0839. The topological polar surface area (TPSA) is 112 Å². The van der Waals surface area contributed by atoms with E-state index in [-0.39, 0.29) is 17.7 Å². The molecule has 0 aliphatic heterocycles. The molecule has 0 amide bonds. The molecular formula is C14H14FN5O. The Kier molecular flexibility index (Phi) is 4.35. The Hall–Kier alpha value is -3.09. The van der Waals surface area contributed by atoms with Crippen LogP contribution >= 0.6 is 0 Å². The van der Waals surface area contributed by atoms with Crippen LogP contribution in [0.4, 0.5) is 10.1 Å². The van der Waals surface area contributed by atoms with Gasteiger partial charge in [-0.3, -0.25) is 0 Å². The molecule has 0 unspecified atom stereocenters. The summed E-state index contributed by atoms with van der Waals surface area (Å²) in [5, 5.41) is 0. The van der Waals surface area contributed by atoms with Crippen LogP contribution in [0.25, 0.3) is 0 Å². The molecule has 0 aromatic heterocycles. The Balaban J connectivity index is 2.34. The molecular weight excluding hydrogens is 273 g/mol. The highest BCUT2D eigenvalue weighted by molar-refractivity contribution is 5.93. The zero-order valence-corrected chi connectivity index (χ0v) is 11.0. The zero-order valence-electron chi connectivity index (χ0n) is 11.0. The number of hydrogen-bond donors (Lipinski definition) is 3. The van der Waals surface area contributed by atoms with Gasteiger partial charge in [-0.2, -0.15) is 4.99 Å². The lowest BCUT2D eigenvalue weighted by molar-refractivity contribution is 0.443. The molecule has 0 heterocycles. The molecule has 0 saturated heterocycles. The fraction of sp³-hybridized carbons (Fsp3) is 0. The molecule has 0 bridgehead atoms. The second-order valence-corrected chi connectivity index (χ2v) is 4.01. The van der Waals surface area contributed by atoms with Gasteiger partial charge in [0.1, 0.15) is 5.69 Å². The number of halogens is 1. The quantitative estimate of drug-likeness (QED) is 0.590. The highest BCUT2D eigenvalue weighted by Crippen LogP contribution is 2.32. The number of para-hydroxylation sites is 3. The van der Waals surface area contributed by atoms with Gasteiger partial charge in [0.2, 0.25) is 5.96 Å². The second-order valence-electron chi connectivity index (χ2n) is 4.01. The summed E-state index contributed by atoms with van der Waals surface area (Å²) >= 11 is 0. The maximum Gasteiger partial charge on any atom is 0.223 e. The number of hydrogen-bond acceptors (Lipinski definition) is 2. The van der Waals surface area contributed by atoms with E-state index >= 15 is 0 Å². The monoisotopic (exact) mass is 287 g/mol. The lowest BCUT2D eigenvalue weighted by Crippen LogP contribution is -2.26. The van der Waals surface area contributed by atoms with E-state index in [0.29, 0.717) is 11.4 Å². The summed E-state index contributed by atoms with van der Waals surface area (Å²) in [4.78, 5) is 7.63. The minimum atomic E-state index is -0.478. The summed E-state index contributed by atoms with van der Waals surface area (Å²) in [7, 11) is 0. The van der Waals surface area contributed by atoms with Gasteiger partial charge >= 0.3 is 0 Å². The zero-order chi connectivity index (χ0) is 15.2. The number of nitrogens with zero attached hydrogens (tertiary/aromatic N) is 2. The molecule has 7 heteroatoms. The van der Waals surface area contributed by atoms with Crippen LogP contribution in [-0.2, 0) is 0 Å². The number of ether oxygens (including phenoxy) is 1. The number of benzene rings is 2. The van der Waals surface area contributed by atoms with E-state index in [9.17, 15) is 4.39 Å². The Morgan fingerprint density at radius 3 is 2.19 bits per heavy atom. The van der Waals surface area contributed by atoms with Crippen molar-refractivity contribution in [2.75, 3.05) is 0 Å². The van der Waals surface area contributed by atoms with Gasteiger partial charge in [0.25, 0.3) is 0 Å². The van der Waals surface area contributed by atoms with Gasteiger partial charge < -0.3 is 21.9 Å². The van der Waals surface area contributed by atoms with E-state index in [2.05, 4.69) is 9.98 Å². The molecule has 6 nitrogen and oxygen atoms in total. The fourth-order valence-electron chi connectivity index (χ4n) is 1.56. The molecule has 0 radical (unpaired) electrons. The third-order valence-corrected chi connectivity index (χ3v) is 2.40. The maximum atomic E-state index is 13.6. The summed E-state index contributed by atoms with van der Waals surface area (Å²) in [5.41, 5.74) is 16.4. The predicted molar refractivity (Wildman–Crippen MR) is 80.0 cm³/mol. The molecule has 0 aliphatic carbocycles. The molecule has 0 spiro atoms. The van der Waals surface area contributed by atoms with Gasteiger partial charge in [-0.05, 0) is 24.3 Å². The van der Waals surface area contributed by atoms with Gasteiger partial charge in [-0.1, -0.05) is 24.3 Å². The summed E-state index contributed by atoms with van der Waals surface area (Å²) < 4.78 is 19.1. The van der Waals surface area contributed by atoms with Crippen LogP contribution < -0.4 is 21.9 Å². The van der Waals surface area contributed by atoms with Crippen molar-refractivity contribution in [2.45, 2.75) is 0 Å². The first-order valence-electron chi connectivity index (χ1n) is 6.01. The van der Waals surface area contributed by atoms with Crippen molar-refractivity contribution in [1.29, 1.82) is 0 Å². The van der Waals surface area contributed by atoms with Gasteiger partial charge in [-0.15, -0.1) is 0 Å². The van der Waals surface area contributed by atoms with Crippen LogP contribution in [0.2, 0.25) is 0 Å². The highest BCUT2D eigenvalue weighted by Gasteiger charge is 2.07. The van der Waals surface area contributed by atoms with Crippen molar-refractivity contribution in [3.8, 4) is 11.5 Å². The predicted octanol–water partition coefficient (Wildman–Crippen LogP) is 1.84. The van der Waals surface area contributed by atoms with Crippen LogP contribution in [0.5, 0.6) is 11.5 Å². The molecule has 2 aromatic rings. The van der Waals surface area contributed by atoms with E-state index in [4.69, 9.17) is 21.9 Å². The summed E-state index contributed by atoms with van der Waals surface area (Å²) in [6.45, 7) is 0. The standard InChI is InChI=1S/C14H14FN5O/c15-9-5-1-3-7-11(9)21-12-8-4-2-6-10(12)19-14(18)20-13(16)17/h1-8H,(H6,16,17,18,19,20). The number of rotatable bonds is 3. The Morgan fingerprint density at radius 2 is 1.52 bits per heavy atom. The lowest BCUT2D eigenvalue weighted by atomic mass is 10.3. The van der Waals surface area contributed by atoms with Crippen molar-refractivity contribution in [2.24, 2.45) is 27.2 Å². The van der Waals surface area contributed by atoms with E-state index in [0.717, 1.165) is 0 Å². The molecule has 108 valence electrons. The second kappa shape index (κ2) is 6.38. The van der Waals surface area contributed by atoms with Crippen molar-refractivity contribution in [3.05, 3.63) is 54.3 Å². The molecule has 0 aliphatic rings. The number of aliphatic imine (C=N–C) groups is 2. The highest BCUT2D eigenvalue weighted by atomic mass is 19.1. The first kappa shape index (κ1) is 14.3. The van der Waals surface area contributed by atoms with Gasteiger partial charge in [0, 0.05) is 0 Å². The van der Waals surface area contributed by atoms with Crippen molar-refractivity contribution in [3.63, 3.8) is 0 Å². The van der Waals surface area contributed by atoms with Crippen LogP contribution in [0, 0.1) is 5.82 Å². The van der Waals surface area contributed by atoms with E-state index < -0.39 is 5.82 Å². The van der Waals surface area contributed by atoms with E-state index in [1.54, 1.807) is 36.4 Å². The van der Waals surface area contributed by atoms with Crippen LogP contribution in [0.1, 0.15) is 0 Å². The maximum absolute atomic E-state index is 13.6. The molecule has 2 rings (SSSR count). The largest absolute Gasteiger partial charge is 0.452 e. The van der Waals surface area contributed by atoms with Crippen molar-refractivity contribution in [1.82, 2.24) is 0 Å². The Labute approximate surface area is 120 Å². The molecule has 2 aromatic carbocycles. The van der Waals surface area contributed by atoms with Crippen molar-refractivity contribution >= 4 is 17.6 Å². The van der Waals surface area contributed by atoms with Crippen LogP contribution in [-0.4, -0.2) is 11.9 Å². The van der Waals surface area contributed by atoms with E-state index in [1.165, 1.54) is 12.1 Å². The van der Waals surface area contributed by atoms with Gasteiger partial charge in [0.05, 0.1) is 0 Å². The van der Waals surface area contributed by atoms with E-state index in [1.807, 2.05) is 0 Å². The first-order valence-corrected chi connectivity index (χ1v) is 6.01. The lowest BCUT2D eigenvalue weighted by Gasteiger charge is -2.09. The Bertz CT molecular complexity index is 695. The number of nitrogens with two attached hydrogens (primary N) is 3. The molecule has 21 heavy (non-hydrogen) atoms. The van der Waals surface area contributed by atoms with Crippen molar-refractivity contribution < 1.29 is 9.13 Å². The average Bonchev–Trinajstić information content (AvgIpc) is 2.42. The molecule has 0 saturated carbocycles. The first-order chi connectivity index (χ1) is 10.1. The Morgan fingerprint density at radius 1 is 0.905 bits per heavy atom. The summed E-state index contributed by atoms with van der Waals surface area (Å²) in [6, 6.07) is 12.8. The molecule has 6 N–H and O–H groups in total. The summed E-state index contributed by atoms with van der Waals surface area (Å²) in [6.07, 6.45) is 0. The average molecular weight is 287 g/mol. The normalized spacial score (nSPS) is 11.0. The van der Waals surface area contributed by atoms with Gasteiger partial charge in [-0.25, -0.2) is 9.38 Å². The third kappa shape index (κ3) is 3.93.